The Morgan fingerprint density at radius 2 is 1.68 bits per heavy atom. The normalized spacial score (nSPS) is 12.2. The highest BCUT2D eigenvalue weighted by atomic mass is 16.2. The lowest BCUT2D eigenvalue weighted by atomic mass is 9.91. The number of nitrogens with zero attached hydrogens (tertiary/aromatic N) is 1. The molecular formula is C14H27N3O2. The molecule has 0 bridgehead atoms. The first-order chi connectivity index (χ1) is 8.53. The Labute approximate surface area is 116 Å². The second-order valence-corrected chi connectivity index (χ2v) is 6.06. The minimum Gasteiger partial charge on any atom is -0.353 e. The van der Waals surface area contributed by atoms with E-state index in [1.54, 1.807) is 33.8 Å². The van der Waals surface area contributed by atoms with E-state index in [0.717, 1.165) is 6.54 Å². The van der Waals surface area contributed by atoms with Crippen LogP contribution < -0.4 is 10.6 Å². The van der Waals surface area contributed by atoms with Crippen molar-refractivity contribution in [1.29, 1.82) is 0 Å². The molecule has 0 unspecified atom stereocenters. The summed E-state index contributed by atoms with van der Waals surface area (Å²) in [5, 5.41) is 5.56. The highest BCUT2D eigenvalue weighted by molar-refractivity contribution is 5.93. The van der Waals surface area contributed by atoms with Gasteiger partial charge in [0.2, 0.25) is 11.8 Å². The van der Waals surface area contributed by atoms with Crippen LogP contribution in [0.3, 0.4) is 0 Å². The highest BCUT2D eigenvalue weighted by Crippen LogP contribution is 2.18. The first-order valence-corrected chi connectivity index (χ1v) is 6.42. The molecule has 5 nitrogen and oxygen atoms in total. The number of amides is 2. The maximum atomic E-state index is 12.0. The van der Waals surface area contributed by atoms with Gasteiger partial charge in [0.1, 0.15) is 5.54 Å². The quantitative estimate of drug-likeness (QED) is 0.671. The van der Waals surface area contributed by atoms with E-state index < -0.39 is 11.0 Å². The number of likely N-dealkylation sites (N-methyl/N-ethyl adjacent to an activating group) is 1. The van der Waals surface area contributed by atoms with Crippen LogP contribution >= 0.6 is 0 Å². The lowest BCUT2D eigenvalue weighted by Gasteiger charge is -2.29. The topological polar surface area (TPSA) is 61.4 Å². The zero-order valence-corrected chi connectivity index (χ0v) is 13.0. The summed E-state index contributed by atoms with van der Waals surface area (Å²) in [4.78, 5) is 26.0. The predicted molar refractivity (Wildman–Crippen MR) is 77.8 cm³/mol. The van der Waals surface area contributed by atoms with Gasteiger partial charge in [0, 0.05) is 13.1 Å². The molecule has 0 aliphatic heterocycles. The van der Waals surface area contributed by atoms with Crippen molar-refractivity contribution in [2.45, 2.75) is 33.2 Å². The van der Waals surface area contributed by atoms with Gasteiger partial charge in [0.15, 0.2) is 0 Å². The van der Waals surface area contributed by atoms with Crippen LogP contribution in [0.5, 0.6) is 0 Å². The van der Waals surface area contributed by atoms with Crippen LogP contribution in [0, 0.1) is 5.41 Å². The van der Waals surface area contributed by atoms with Gasteiger partial charge in [0.05, 0.1) is 5.41 Å². The zero-order chi connectivity index (χ0) is 15.3. The molecule has 110 valence electrons. The highest BCUT2D eigenvalue weighted by Gasteiger charge is 2.34. The summed E-state index contributed by atoms with van der Waals surface area (Å²) in [6.07, 6.45) is 1.57. The molecule has 0 aliphatic rings. The van der Waals surface area contributed by atoms with E-state index in [1.807, 2.05) is 19.0 Å². The smallest absolute Gasteiger partial charge is 0.245 e. The van der Waals surface area contributed by atoms with Crippen molar-refractivity contribution in [2.24, 2.45) is 5.41 Å². The molecule has 0 aliphatic carbocycles. The van der Waals surface area contributed by atoms with Gasteiger partial charge in [0.25, 0.3) is 0 Å². The Balaban J connectivity index is 4.49. The van der Waals surface area contributed by atoms with Crippen LogP contribution in [0.15, 0.2) is 12.7 Å². The van der Waals surface area contributed by atoms with Crippen molar-refractivity contribution in [3.05, 3.63) is 12.7 Å². The third-order valence-electron chi connectivity index (χ3n) is 2.93. The molecular weight excluding hydrogens is 242 g/mol. The molecule has 0 fully saturated rings. The molecule has 0 saturated carbocycles. The molecule has 0 radical (unpaired) electrons. The molecule has 0 atom stereocenters. The lowest BCUT2D eigenvalue weighted by molar-refractivity contribution is -0.135. The first kappa shape index (κ1) is 17.6. The van der Waals surface area contributed by atoms with Gasteiger partial charge in [-0.1, -0.05) is 6.08 Å². The van der Waals surface area contributed by atoms with E-state index in [2.05, 4.69) is 17.2 Å². The average molecular weight is 269 g/mol. The lowest BCUT2D eigenvalue weighted by Crippen LogP contribution is -2.57. The molecule has 0 saturated heterocycles. The molecule has 0 rings (SSSR count). The summed E-state index contributed by atoms with van der Waals surface area (Å²) < 4.78 is 0. The number of hydrogen-bond donors (Lipinski definition) is 2. The molecule has 0 aromatic heterocycles. The number of carbonyl (C=O) groups excluding carboxylic acids is 2. The van der Waals surface area contributed by atoms with E-state index in [0.29, 0.717) is 6.54 Å². The molecule has 5 heteroatoms. The Morgan fingerprint density at radius 1 is 1.16 bits per heavy atom. The molecule has 2 amide bonds. The summed E-state index contributed by atoms with van der Waals surface area (Å²) in [6.45, 7) is 11.8. The van der Waals surface area contributed by atoms with Gasteiger partial charge in [-0.05, 0) is 41.8 Å². The Hall–Kier alpha value is -1.36. The summed E-state index contributed by atoms with van der Waals surface area (Å²) in [5.41, 5.74) is -1.63. The van der Waals surface area contributed by atoms with Crippen molar-refractivity contribution in [2.75, 3.05) is 27.2 Å². The fourth-order valence-corrected chi connectivity index (χ4v) is 1.21. The average Bonchev–Trinajstić information content (AvgIpc) is 2.27. The maximum absolute atomic E-state index is 12.0. The zero-order valence-electron chi connectivity index (χ0n) is 13.0. The number of hydrogen-bond acceptors (Lipinski definition) is 3. The first-order valence-electron chi connectivity index (χ1n) is 6.42. The monoisotopic (exact) mass is 269 g/mol. The van der Waals surface area contributed by atoms with Crippen molar-refractivity contribution < 1.29 is 9.59 Å². The number of carbonyl (C=O) groups is 2. The minimum absolute atomic E-state index is 0.192. The Kier molecular flexibility index (Phi) is 6.22. The standard InChI is InChI=1S/C14H27N3O2/c1-8-13(2,3)11(18)16-14(4,5)12(19)15-9-10-17(6)7/h8H,1,9-10H2,2-7H3,(H,15,19)(H,16,18). The second-order valence-electron chi connectivity index (χ2n) is 6.06. The fourth-order valence-electron chi connectivity index (χ4n) is 1.21. The number of rotatable bonds is 7. The van der Waals surface area contributed by atoms with Gasteiger partial charge in [-0.3, -0.25) is 9.59 Å². The van der Waals surface area contributed by atoms with Gasteiger partial charge in [-0.25, -0.2) is 0 Å². The summed E-state index contributed by atoms with van der Waals surface area (Å²) in [5.74, 6) is -0.405. The molecule has 0 aromatic rings. The molecule has 0 heterocycles. The van der Waals surface area contributed by atoms with Crippen molar-refractivity contribution in [1.82, 2.24) is 15.5 Å². The summed E-state index contributed by atoms with van der Waals surface area (Å²) in [6, 6.07) is 0. The molecule has 0 aromatic carbocycles. The van der Waals surface area contributed by atoms with Crippen LogP contribution in [0.2, 0.25) is 0 Å². The van der Waals surface area contributed by atoms with Gasteiger partial charge < -0.3 is 15.5 Å². The van der Waals surface area contributed by atoms with Crippen LogP contribution in [0.4, 0.5) is 0 Å². The molecule has 19 heavy (non-hydrogen) atoms. The largest absolute Gasteiger partial charge is 0.353 e. The van der Waals surface area contributed by atoms with E-state index in [-0.39, 0.29) is 11.8 Å². The van der Waals surface area contributed by atoms with E-state index in [9.17, 15) is 9.59 Å². The van der Waals surface area contributed by atoms with E-state index >= 15 is 0 Å². The third kappa shape index (κ3) is 5.87. The summed E-state index contributed by atoms with van der Waals surface area (Å²) >= 11 is 0. The van der Waals surface area contributed by atoms with Crippen LogP contribution in [0.25, 0.3) is 0 Å². The molecule has 0 spiro atoms. The minimum atomic E-state index is -0.941. The SMILES string of the molecule is C=CC(C)(C)C(=O)NC(C)(C)C(=O)NCCN(C)C. The second kappa shape index (κ2) is 6.70. The van der Waals surface area contributed by atoms with Gasteiger partial charge in [-0.2, -0.15) is 0 Å². The number of nitrogens with one attached hydrogen (secondary N) is 2. The van der Waals surface area contributed by atoms with Crippen molar-refractivity contribution in [3.63, 3.8) is 0 Å². The van der Waals surface area contributed by atoms with Gasteiger partial charge in [-0.15, -0.1) is 6.58 Å². The third-order valence-corrected chi connectivity index (χ3v) is 2.93. The predicted octanol–water partition coefficient (Wildman–Crippen LogP) is 0.771. The van der Waals surface area contributed by atoms with Crippen LogP contribution in [-0.4, -0.2) is 49.4 Å². The van der Waals surface area contributed by atoms with E-state index in [1.165, 1.54) is 0 Å². The molecule has 2 N–H and O–H groups in total. The van der Waals surface area contributed by atoms with Crippen LogP contribution in [0.1, 0.15) is 27.7 Å². The van der Waals surface area contributed by atoms with Crippen LogP contribution in [-0.2, 0) is 9.59 Å². The Morgan fingerprint density at radius 3 is 2.11 bits per heavy atom. The fraction of sp³-hybridized carbons (Fsp3) is 0.714. The Bertz CT molecular complexity index is 347. The maximum Gasteiger partial charge on any atom is 0.245 e. The summed E-state index contributed by atoms with van der Waals surface area (Å²) in [7, 11) is 3.87. The van der Waals surface area contributed by atoms with Crippen molar-refractivity contribution >= 4 is 11.8 Å². The van der Waals surface area contributed by atoms with Crippen molar-refractivity contribution in [3.8, 4) is 0 Å². The van der Waals surface area contributed by atoms with Gasteiger partial charge >= 0.3 is 0 Å². The van der Waals surface area contributed by atoms with E-state index in [4.69, 9.17) is 0 Å².